The molecule has 1 atom stereocenters. The molecule has 1 aliphatic rings. The number of carbonyl (C=O) groups excluding carboxylic acids is 1. The number of hydrogen-bond donors (Lipinski definition) is 6. The Bertz CT molecular complexity index is 381. The Hall–Kier alpha value is -1.16. The van der Waals surface area contributed by atoms with Crippen LogP contribution in [0.4, 0.5) is 0 Å². The molecule has 10 nitrogen and oxygen atoms in total. The maximum Gasteiger partial charge on any atom is 0.327 e. The van der Waals surface area contributed by atoms with Gasteiger partial charge in [0, 0.05) is 20.7 Å². The van der Waals surface area contributed by atoms with Gasteiger partial charge in [-0.05, 0) is 12.8 Å². The van der Waals surface area contributed by atoms with Gasteiger partial charge in [0.15, 0.2) is 5.70 Å². The molecular formula is C10H22N5O5P. The third-order valence-corrected chi connectivity index (χ3v) is 3.37. The van der Waals surface area contributed by atoms with Crippen molar-refractivity contribution in [3.8, 4) is 0 Å². The van der Waals surface area contributed by atoms with Gasteiger partial charge in [-0.2, -0.15) is 0 Å². The van der Waals surface area contributed by atoms with Gasteiger partial charge >= 0.3 is 8.60 Å². The van der Waals surface area contributed by atoms with E-state index in [0.717, 1.165) is 0 Å². The Labute approximate surface area is 124 Å². The van der Waals surface area contributed by atoms with Crippen LogP contribution in [0.15, 0.2) is 11.5 Å². The minimum Gasteiger partial charge on any atom is -0.381 e. The number of ether oxygens (including phenoxy) is 1. The van der Waals surface area contributed by atoms with Crippen molar-refractivity contribution >= 4 is 14.5 Å². The highest BCUT2D eigenvalue weighted by molar-refractivity contribution is 7.39. The normalized spacial score (nSPS) is 16.3. The van der Waals surface area contributed by atoms with Crippen LogP contribution in [0.2, 0.25) is 0 Å². The van der Waals surface area contributed by atoms with Crippen LogP contribution in [-0.2, 0) is 14.1 Å². The zero-order chi connectivity index (χ0) is 15.8. The van der Waals surface area contributed by atoms with E-state index in [1.165, 1.54) is 0 Å². The maximum atomic E-state index is 11.2. The zero-order valence-corrected chi connectivity index (χ0v) is 12.9. The molecule has 0 bridgehead atoms. The molecule has 0 spiro atoms. The van der Waals surface area contributed by atoms with E-state index < -0.39 is 14.5 Å². The minimum atomic E-state index is -2.33. The minimum absolute atomic E-state index is 0.113. The highest BCUT2D eigenvalue weighted by Gasteiger charge is 2.25. The number of hydrogen-bond acceptors (Lipinski definition) is 9. The van der Waals surface area contributed by atoms with Crippen LogP contribution < -0.4 is 22.0 Å². The van der Waals surface area contributed by atoms with Crippen molar-refractivity contribution in [3.63, 3.8) is 0 Å². The topological polar surface area (TPSA) is 141 Å². The molecule has 122 valence electrons. The van der Waals surface area contributed by atoms with Crippen LogP contribution in [0, 0.1) is 0 Å². The zero-order valence-electron chi connectivity index (χ0n) is 12.0. The monoisotopic (exact) mass is 323 g/mol. The maximum absolute atomic E-state index is 11.2. The van der Waals surface area contributed by atoms with Crippen molar-refractivity contribution in [2.45, 2.75) is 18.9 Å². The average Bonchev–Trinajstić information content (AvgIpc) is 2.85. The Morgan fingerprint density at radius 1 is 1.52 bits per heavy atom. The third kappa shape index (κ3) is 5.62. The van der Waals surface area contributed by atoms with E-state index in [0.29, 0.717) is 25.2 Å². The number of nitrogens with zero attached hydrogens (tertiary/aromatic N) is 1. The van der Waals surface area contributed by atoms with E-state index >= 15 is 0 Å². The van der Waals surface area contributed by atoms with Crippen LogP contribution in [-0.4, -0.2) is 54.1 Å². The number of rotatable bonds is 10. The number of nitrogens with two attached hydrogens (primary N) is 1. The lowest BCUT2D eigenvalue weighted by Gasteiger charge is -2.23. The van der Waals surface area contributed by atoms with E-state index in [1.54, 1.807) is 19.2 Å². The molecule has 0 aromatic carbocycles. The first kappa shape index (κ1) is 17.9. The molecule has 0 aliphatic carbocycles. The molecule has 0 radical (unpaired) electrons. The van der Waals surface area contributed by atoms with E-state index in [4.69, 9.17) is 24.8 Å². The Morgan fingerprint density at radius 2 is 2.24 bits per heavy atom. The van der Waals surface area contributed by atoms with Gasteiger partial charge in [-0.1, -0.05) is 0 Å². The van der Waals surface area contributed by atoms with Crippen molar-refractivity contribution < 1.29 is 23.8 Å². The molecule has 11 heteroatoms. The molecule has 21 heavy (non-hydrogen) atoms. The predicted molar refractivity (Wildman–Crippen MR) is 75.6 cm³/mol. The predicted octanol–water partition coefficient (Wildman–Crippen LogP) is -1.79. The van der Waals surface area contributed by atoms with E-state index in [1.807, 2.05) is 0 Å². The summed E-state index contributed by atoms with van der Waals surface area (Å²) in [5, 5.41) is 4.60. The lowest BCUT2D eigenvalue weighted by atomic mass is 10.2. The van der Waals surface area contributed by atoms with Gasteiger partial charge in [-0.3, -0.25) is 15.2 Å². The fraction of sp³-hybridized carbons (Fsp3) is 0.700. The van der Waals surface area contributed by atoms with Gasteiger partial charge in [-0.25, -0.2) is 0 Å². The molecule has 1 amide bonds. The number of amides is 1. The van der Waals surface area contributed by atoms with Gasteiger partial charge in [0.05, 0.1) is 12.7 Å². The second kappa shape index (κ2) is 8.98. The number of methoxy groups -OCH3 is 1. The van der Waals surface area contributed by atoms with Crippen LogP contribution in [0.25, 0.3) is 0 Å². The second-order valence-electron chi connectivity index (χ2n) is 4.25. The Balaban J connectivity index is 2.44. The van der Waals surface area contributed by atoms with Gasteiger partial charge in [-0.15, -0.1) is 5.53 Å². The Morgan fingerprint density at radius 3 is 2.76 bits per heavy atom. The lowest BCUT2D eigenvalue weighted by molar-refractivity contribution is -0.115. The lowest BCUT2D eigenvalue weighted by Crippen LogP contribution is -2.42. The summed E-state index contributed by atoms with van der Waals surface area (Å²) in [7, 11) is 0.927. The molecule has 0 fully saturated rings. The van der Waals surface area contributed by atoms with Crippen LogP contribution in [0.3, 0.4) is 0 Å². The van der Waals surface area contributed by atoms with E-state index in [-0.39, 0.29) is 18.4 Å². The van der Waals surface area contributed by atoms with Crippen molar-refractivity contribution in [1.29, 1.82) is 0 Å². The van der Waals surface area contributed by atoms with Gasteiger partial charge in [0.25, 0.3) is 5.91 Å². The summed E-state index contributed by atoms with van der Waals surface area (Å²) in [5.41, 5.74) is 11.0. The summed E-state index contributed by atoms with van der Waals surface area (Å²) in [6.07, 6.45) is 1.05. The molecular weight excluding hydrogens is 301 g/mol. The molecule has 0 aromatic rings. The smallest absolute Gasteiger partial charge is 0.327 e. The number of primary amides is 1. The first-order valence-electron chi connectivity index (χ1n) is 6.34. The van der Waals surface area contributed by atoms with Crippen molar-refractivity contribution in [3.05, 3.63) is 11.5 Å². The number of nitrogens with one attached hydrogen (secondary N) is 3. The number of carbonyl (C=O) groups is 1. The van der Waals surface area contributed by atoms with Crippen molar-refractivity contribution in [1.82, 2.24) is 21.3 Å². The average molecular weight is 323 g/mol. The molecule has 0 saturated heterocycles. The first-order chi connectivity index (χ1) is 9.99. The van der Waals surface area contributed by atoms with Gasteiger partial charge in [0.2, 0.25) is 0 Å². The fourth-order valence-corrected chi connectivity index (χ4v) is 2.17. The summed E-state index contributed by atoms with van der Waals surface area (Å²) < 4.78 is 10.0. The van der Waals surface area contributed by atoms with E-state index in [2.05, 4.69) is 16.3 Å². The molecule has 0 saturated carbocycles. The second-order valence-corrected chi connectivity index (χ2v) is 5.01. The van der Waals surface area contributed by atoms with Crippen LogP contribution in [0.1, 0.15) is 12.8 Å². The Kier molecular flexibility index (Phi) is 7.65. The van der Waals surface area contributed by atoms with Crippen LogP contribution >= 0.6 is 8.60 Å². The molecule has 1 heterocycles. The summed E-state index contributed by atoms with van der Waals surface area (Å²) in [6, 6.07) is 0. The molecule has 1 aliphatic heterocycles. The number of hydrazine groups is 2. The first-order valence-corrected chi connectivity index (χ1v) is 7.50. The van der Waals surface area contributed by atoms with E-state index in [9.17, 15) is 4.79 Å². The van der Waals surface area contributed by atoms with Crippen molar-refractivity contribution in [2.75, 3.05) is 27.3 Å². The standard InChI is InChI=1S/C10H22N5O5P/c1-12-10-8(9(11)16)13-14-15(10)5-3-7(19-2)4-6-20-21(17)18/h7,12-14,17-18H,3-6H2,1-2H3,(H2,11,16). The highest BCUT2D eigenvalue weighted by Crippen LogP contribution is 2.24. The summed E-state index contributed by atoms with van der Waals surface area (Å²) >= 11 is 0. The summed E-state index contributed by atoms with van der Waals surface area (Å²) in [6.45, 7) is 0.746. The van der Waals surface area contributed by atoms with Gasteiger partial charge in [0.1, 0.15) is 5.82 Å². The molecule has 0 aromatic heterocycles. The fourth-order valence-electron chi connectivity index (χ4n) is 1.90. The largest absolute Gasteiger partial charge is 0.381 e. The molecule has 7 N–H and O–H groups in total. The third-order valence-electron chi connectivity index (χ3n) is 2.96. The highest BCUT2D eigenvalue weighted by atomic mass is 31.2. The van der Waals surface area contributed by atoms with Crippen molar-refractivity contribution in [2.24, 2.45) is 5.73 Å². The SMILES string of the molecule is CNC1=C(C(N)=O)NNN1CCC(CCOP(O)O)OC. The molecule has 1 rings (SSSR count). The summed E-state index contributed by atoms with van der Waals surface area (Å²) in [4.78, 5) is 28.5. The van der Waals surface area contributed by atoms with Gasteiger partial charge < -0.3 is 30.1 Å². The molecule has 1 unspecified atom stereocenters. The quantitative estimate of drug-likeness (QED) is 0.257. The van der Waals surface area contributed by atoms with Crippen LogP contribution in [0.5, 0.6) is 0 Å². The summed E-state index contributed by atoms with van der Waals surface area (Å²) in [5.74, 6) is -0.00636.